The summed E-state index contributed by atoms with van der Waals surface area (Å²) in [6.07, 6.45) is 0. The van der Waals surface area contributed by atoms with E-state index in [9.17, 15) is 9.59 Å². The van der Waals surface area contributed by atoms with E-state index < -0.39 is 5.97 Å². The first-order valence-corrected chi connectivity index (χ1v) is 6.20. The van der Waals surface area contributed by atoms with E-state index in [1.165, 1.54) is 13.2 Å². The summed E-state index contributed by atoms with van der Waals surface area (Å²) in [5, 5.41) is 5.94. The molecule has 19 heavy (non-hydrogen) atoms. The highest BCUT2D eigenvalue weighted by Gasteiger charge is 2.15. The van der Waals surface area contributed by atoms with Crippen LogP contribution in [0.15, 0.2) is 18.2 Å². The standard InChI is InChI=1S/C13H17ClN2O3/c1-8(7-15-2)12(17)16-9-4-5-11(14)10(6-9)13(18)19-3/h4-6,8,15H,7H2,1-3H3,(H,16,17). The van der Waals surface area contributed by atoms with Gasteiger partial charge in [0.2, 0.25) is 5.91 Å². The number of esters is 1. The summed E-state index contributed by atoms with van der Waals surface area (Å²) in [4.78, 5) is 23.3. The van der Waals surface area contributed by atoms with Crippen LogP contribution in [-0.2, 0) is 9.53 Å². The highest BCUT2D eigenvalue weighted by Crippen LogP contribution is 2.21. The minimum absolute atomic E-state index is 0.132. The van der Waals surface area contributed by atoms with Crippen LogP contribution in [0.1, 0.15) is 17.3 Å². The fourth-order valence-corrected chi connectivity index (χ4v) is 1.73. The van der Waals surface area contributed by atoms with Gasteiger partial charge in [0.05, 0.1) is 17.7 Å². The Bertz CT molecular complexity index is 477. The molecule has 0 aromatic heterocycles. The molecule has 0 heterocycles. The molecule has 2 N–H and O–H groups in total. The molecule has 0 saturated carbocycles. The first-order valence-electron chi connectivity index (χ1n) is 5.83. The van der Waals surface area contributed by atoms with Gasteiger partial charge in [0, 0.05) is 18.2 Å². The Balaban J connectivity index is 2.85. The zero-order chi connectivity index (χ0) is 14.4. The maximum absolute atomic E-state index is 11.8. The van der Waals surface area contributed by atoms with Crippen molar-refractivity contribution in [1.82, 2.24) is 5.32 Å². The van der Waals surface area contributed by atoms with E-state index in [4.69, 9.17) is 11.6 Å². The van der Waals surface area contributed by atoms with E-state index in [1.54, 1.807) is 19.2 Å². The second kappa shape index (κ2) is 7.11. The smallest absolute Gasteiger partial charge is 0.339 e. The molecule has 1 aromatic rings. The maximum atomic E-state index is 11.8. The largest absolute Gasteiger partial charge is 0.465 e. The lowest BCUT2D eigenvalue weighted by Crippen LogP contribution is -2.28. The van der Waals surface area contributed by atoms with Crippen molar-refractivity contribution in [2.24, 2.45) is 5.92 Å². The molecule has 1 amide bonds. The number of hydrogen-bond donors (Lipinski definition) is 2. The van der Waals surface area contributed by atoms with E-state index in [2.05, 4.69) is 15.4 Å². The molecule has 1 unspecified atom stereocenters. The van der Waals surface area contributed by atoms with Crippen LogP contribution in [0.4, 0.5) is 5.69 Å². The van der Waals surface area contributed by atoms with Gasteiger partial charge in [-0.1, -0.05) is 18.5 Å². The lowest BCUT2D eigenvalue weighted by atomic mass is 10.1. The van der Waals surface area contributed by atoms with Gasteiger partial charge in [0.25, 0.3) is 0 Å². The molecule has 6 heteroatoms. The number of nitrogens with one attached hydrogen (secondary N) is 2. The Hall–Kier alpha value is -1.59. The Morgan fingerprint density at radius 3 is 2.68 bits per heavy atom. The summed E-state index contributed by atoms with van der Waals surface area (Å²) in [5.41, 5.74) is 0.737. The molecule has 0 spiro atoms. The molecule has 0 saturated heterocycles. The summed E-state index contributed by atoms with van der Waals surface area (Å²) < 4.78 is 4.62. The summed E-state index contributed by atoms with van der Waals surface area (Å²) in [7, 11) is 3.06. The van der Waals surface area contributed by atoms with Crippen molar-refractivity contribution >= 4 is 29.2 Å². The molecule has 0 fully saturated rings. The highest BCUT2D eigenvalue weighted by molar-refractivity contribution is 6.33. The molecular formula is C13H17ClN2O3. The van der Waals surface area contributed by atoms with E-state index >= 15 is 0 Å². The fraction of sp³-hybridized carbons (Fsp3) is 0.385. The third-order valence-corrected chi connectivity index (χ3v) is 2.93. The van der Waals surface area contributed by atoms with Crippen molar-refractivity contribution in [3.8, 4) is 0 Å². The SMILES string of the molecule is CNCC(C)C(=O)Nc1ccc(Cl)c(C(=O)OC)c1. The number of amides is 1. The Morgan fingerprint density at radius 1 is 1.42 bits per heavy atom. The number of carbonyl (C=O) groups excluding carboxylic acids is 2. The number of hydrogen-bond acceptors (Lipinski definition) is 4. The van der Waals surface area contributed by atoms with Gasteiger partial charge in [-0.05, 0) is 25.2 Å². The second-order valence-electron chi connectivity index (χ2n) is 4.13. The van der Waals surface area contributed by atoms with Gasteiger partial charge >= 0.3 is 5.97 Å². The summed E-state index contributed by atoms with van der Waals surface area (Å²) >= 11 is 5.90. The maximum Gasteiger partial charge on any atom is 0.339 e. The van der Waals surface area contributed by atoms with Crippen molar-refractivity contribution in [2.45, 2.75) is 6.92 Å². The van der Waals surface area contributed by atoms with E-state index in [0.717, 1.165) is 0 Å². The molecular weight excluding hydrogens is 268 g/mol. The van der Waals surface area contributed by atoms with Crippen molar-refractivity contribution < 1.29 is 14.3 Å². The van der Waals surface area contributed by atoms with Crippen molar-refractivity contribution in [2.75, 3.05) is 26.0 Å². The topological polar surface area (TPSA) is 67.4 Å². The van der Waals surface area contributed by atoms with Crippen LogP contribution in [0.25, 0.3) is 0 Å². The summed E-state index contributed by atoms with van der Waals surface area (Å²) in [5.74, 6) is -0.848. The monoisotopic (exact) mass is 284 g/mol. The van der Waals surface area contributed by atoms with Crippen LogP contribution in [0.5, 0.6) is 0 Å². The van der Waals surface area contributed by atoms with Crippen LogP contribution in [0.3, 0.4) is 0 Å². The molecule has 1 atom stereocenters. The van der Waals surface area contributed by atoms with E-state index in [-0.39, 0.29) is 22.4 Å². The first kappa shape index (κ1) is 15.5. The number of methoxy groups -OCH3 is 1. The molecule has 0 radical (unpaired) electrons. The van der Waals surface area contributed by atoms with Crippen molar-refractivity contribution in [3.63, 3.8) is 0 Å². The third-order valence-electron chi connectivity index (χ3n) is 2.60. The number of halogens is 1. The minimum atomic E-state index is -0.538. The zero-order valence-corrected chi connectivity index (χ0v) is 11.9. The number of ether oxygens (including phenoxy) is 1. The third kappa shape index (κ3) is 4.22. The molecule has 0 bridgehead atoms. The number of rotatable bonds is 5. The molecule has 1 aromatic carbocycles. The molecule has 1 rings (SSSR count). The van der Waals surface area contributed by atoms with Crippen LogP contribution in [-0.4, -0.2) is 32.6 Å². The van der Waals surface area contributed by atoms with Crippen LogP contribution < -0.4 is 10.6 Å². The van der Waals surface area contributed by atoms with Crippen LogP contribution >= 0.6 is 11.6 Å². The average molecular weight is 285 g/mol. The molecule has 0 aliphatic heterocycles. The van der Waals surface area contributed by atoms with Gasteiger partial charge < -0.3 is 15.4 Å². The molecule has 5 nitrogen and oxygen atoms in total. The van der Waals surface area contributed by atoms with Gasteiger partial charge in [-0.25, -0.2) is 4.79 Å². The number of anilines is 1. The van der Waals surface area contributed by atoms with Crippen molar-refractivity contribution in [3.05, 3.63) is 28.8 Å². The van der Waals surface area contributed by atoms with E-state index in [1.807, 2.05) is 6.92 Å². The van der Waals surface area contributed by atoms with Gasteiger partial charge in [0.15, 0.2) is 0 Å². The normalized spacial score (nSPS) is 11.8. The van der Waals surface area contributed by atoms with E-state index in [0.29, 0.717) is 12.2 Å². The number of carbonyl (C=O) groups is 2. The minimum Gasteiger partial charge on any atom is -0.465 e. The van der Waals surface area contributed by atoms with Crippen LogP contribution in [0, 0.1) is 5.92 Å². The lowest BCUT2D eigenvalue weighted by molar-refractivity contribution is -0.119. The van der Waals surface area contributed by atoms with Crippen LogP contribution in [0.2, 0.25) is 5.02 Å². The fourth-order valence-electron chi connectivity index (χ4n) is 1.53. The highest BCUT2D eigenvalue weighted by atomic mass is 35.5. The van der Waals surface area contributed by atoms with Gasteiger partial charge in [0.1, 0.15) is 0 Å². The lowest BCUT2D eigenvalue weighted by Gasteiger charge is -2.12. The Labute approximate surface area is 117 Å². The summed E-state index contributed by atoms with van der Waals surface area (Å²) in [6, 6.07) is 4.68. The Kier molecular flexibility index (Phi) is 5.79. The van der Waals surface area contributed by atoms with Gasteiger partial charge in [-0.3, -0.25) is 4.79 Å². The van der Waals surface area contributed by atoms with Gasteiger partial charge in [-0.2, -0.15) is 0 Å². The quantitative estimate of drug-likeness (QED) is 0.811. The average Bonchev–Trinajstić information content (AvgIpc) is 2.40. The molecule has 104 valence electrons. The predicted octanol–water partition coefficient (Wildman–Crippen LogP) is 1.92. The molecule has 0 aliphatic rings. The second-order valence-corrected chi connectivity index (χ2v) is 4.54. The van der Waals surface area contributed by atoms with Gasteiger partial charge in [-0.15, -0.1) is 0 Å². The Morgan fingerprint density at radius 2 is 2.11 bits per heavy atom. The zero-order valence-electron chi connectivity index (χ0n) is 11.1. The van der Waals surface area contributed by atoms with Crippen molar-refractivity contribution in [1.29, 1.82) is 0 Å². The first-order chi connectivity index (χ1) is 8.99. The number of benzene rings is 1. The predicted molar refractivity (Wildman–Crippen MR) is 74.5 cm³/mol. The summed E-state index contributed by atoms with van der Waals surface area (Å²) in [6.45, 7) is 2.38. The molecule has 0 aliphatic carbocycles.